The SMILES string of the molecule is Clc1ccc(OCCNCc2cc(Br)cs2)c(Br)c1. The summed E-state index contributed by atoms with van der Waals surface area (Å²) in [7, 11) is 0. The van der Waals surface area contributed by atoms with Crippen LogP contribution < -0.4 is 10.1 Å². The number of ether oxygens (including phenoxy) is 1. The number of halogens is 3. The van der Waals surface area contributed by atoms with Crippen molar-refractivity contribution in [1.29, 1.82) is 0 Å². The van der Waals surface area contributed by atoms with Gasteiger partial charge in [-0.1, -0.05) is 11.6 Å². The van der Waals surface area contributed by atoms with E-state index in [0.717, 1.165) is 27.8 Å². The molecule has 6 heteroatoms. The smallest absolute Gasteiger partial charge is 0.133 e. The molecule has 1 heterocycles. The highest BCUT2D eigenvalue weighted by Crippen LogP contribution is 2.27. The third kappa shape index (κ3) is 5.08. The maximum atomic E-state index is 5.87. The van der Waals surface area contributed by atoms with Crippen molar-refractivity contribution < 1.29 is 4.74 Å². The Labute approximate surface area is 138 Å². The molecular weight excluding hydrogens is 413 g/mol. The quantitative estimate of drug-likeness (QED) is 0.651. The van der Waals surface area contributed by atoms with Crippen LogP contribution in [0.2, 0.25) is 5.02 Å². The van der Waals surface area contributed by atoms with Gasteiger partial charge in [0.25, 0.3) is 0 Å². The standard InChI is InChI=1S/C13H12Br2ClNOS/c14-9-5-11(19-8-9)7-17-3-4-18-13-2-1-10(16)6-12(13)15/h1-2,5-6,8,17H,3-4,7H2. The first-order valence-corrected chi connectivity index (χ1v) is 8.51. The third-order valence-corrected chi connectivity index (χ3v) is 4.90. The second-order valence-electron chi connectivity index (χ2n) is 3.83. The predicted octanol–water partition coefficient (Wildman–Crippen LogP) is 5.10. The molecular formula is C13H12Br2ClNOS. The summed E-state index contributed by atoms with van der Waals surface area (Å²) in [6, 6.07) is 7.63. The van der Waals surface area contributed by atoms with Crippen LogP contribution in [0.4, 0.5) is 0 Å². The fourth-order valence-corrected chi connectivity index (χ4v) is 3.70. The van der Waals surface area contributed by atoms with Crippen molar-refractivity contribution in [2.75, 3.05) is 13.2 Å². The monoisotopic (exact) mass is 423 g/mol. The van der Waals surface area contributed by atoms with E-state index in [0.29, 0.717) is 11.6 Å². The number of thiophene rings is 1. The molecule has 2 rings (SSSR count). The van der Waals surface area contributed by atoms with Crippen LogP contribution in [0.25, 0.3) is 0 Å². The molecule has 0 aliphatic heterocycles. The predicted molar refractivity (Wildman–Crippen MR) is 88.4 cm³/mol. The van der Waals surface area contributed by atoms with E-state index >= 15 is 0 Å². The van der Waals surface area contributed by atoms with Gasteiger partial charge < -0.3 is 10.1 Å². The van der Waals surface area contributed by atoms with Crippen LogP contribution in [0.15, 0.2) is 38.6 Å². The molecule has 2 nitrogen and oxygen atoms in total. The third-order valence-electron chi connectivity index (χ3n) is 2.35. The fourth-order valence-electron chi connectivity index (χ4n) is 1.48. The zero-order valence-electron chi connectivity index (χ0n) is 9.96. The van der Waals surface area contributed by atoms with Crippen LogP contribution in [0.1, 0.15) is 4.88 Å². The molecule has 0 fully saturated rings. The van der Waals surface area contributed by atoms with E-state index < -0.39 is 0 Å². The summed E-state index contributed by atoms with van der Waals surface area (Å²) in [5.41, 5.74) is 0. The van der Waals surface area contributed by atoms with Crippen molar-refractivity contribution >= 4 is 54.8 Å². The Morgan fingerprint density at radius 3 is 2.79 bits per heavy atom. The Morgan fingerprint density at radius 1 is 1.26 bits per heavy atom. The van der Waals surface area contributed by atoms with Crippen LogP contribution in [0.5, 0.6) is 5.75 Å². The Hall–Kier alpha value is -0.0700. The zero-order valence-corrected chi connectivity index (χ0v) is 14.7. The molecule has 102 valence electrons. The van der Waals surface area contributed by atoms with E-state index in [4.69, 9.17) is 16.3 Å². The van der Waals surface area contributed by atoms with Crippen molar-refractivity contribution in [3.05, 3.63) is 48.5 Å². The topological polar surface area (TPSA) is 21.3 Å². The van der Waals surface area contributed by atoms with Gasteiger partial charge in [-0.05, 0) is 56.1 Å². The van der Waals surface area contributed by atoms with Crippen LogP contribution in [0, 0.1) is 0 Å². The van der Waals surface area contributed by atoms with Gasteiger partial charge in [0, 0.05) is 32.8 Å². The van der Waals surface area contributed by atoms with E-state index in [-0.39, 0.29) is 0 Å². The maximum absolute atomic E-state index is 5.87. The molecule has 0 atom stereocenters. The average molecular weight is 426 g/mol. The highest BCUT2D eigenvalue weighted by Gasteiger charge is 2.01. The molecule has 2 aromatic rings. The summed E-state index contributed by atoms with van der Waals surface area (Å²) >= 11 is 14.5. The summed E-state index contributed by atoms with van der Waals surface area (Å²) in [6.45, 7) is 2.28. The normalized spacial score (nSPS) is 10.7. The largest absolute Gasteiger partial charge is 0.491 e. The van der Waals surface area contributed by atoms with Gasteiger partial charge in [-0.25, -0.2) is 0 Å². The number of hydrogen-bond donors (Lipinski definition) is 1. The summed E-state index contributed by atoms with van der Waals surface area (Å²) in [5, 5.41) is 6.12. The first kappa shape index (κ1) is 15.3. The lowest BCUT2D eigenvalue weighted by molar-refractivity contribution is 0.312. The summed E-state index contributed by atoms with van der Waals surface area (Å²) in [6.07, 6.45) is 0. The first-order valence-electron chi connectivity index (χ1n) is 5.66. The Bertz CT molecular complexity index is 547. The lowest BCUT2D eigenvalue weighted by Gasteiger charge is -2.08. The van der Waals surface area contributed by atoms with Crippen LogP contribution >= 0.6 is 54.8 Å². The van der Waals surface area contributed by atoms with Crippen molar-refractivity contribution in [1.82, 2.24) is 5.32 Å². The summed E-state index contributed by atoms with van der Waals surface area (Å²) in [4.78, 5) is 1.31. The minimum absolute atomic E-state index is 0.618. The van der Waals surface area contributed by atoms with Gasteiger partial charge >= 0.3 is 0 Å². The van der Waals surface area contributed by atoms with Crippen molar-refractivity contribution in [2.45, 2.75) is 6.54 Å². The van der Waals surface area contributed by atoms with Crippen molar-refractivity contribution in [2.24, 2.45) is 0 Å². The lowest BCUT2D eigenvalue weighted by atomic mass is 10.3. The van der Waals surface area contributed by atoms with E-state index in [1.165, 1.54) is 4.88 Å². The van der Waals surface area contributed by atoms with Gasteiger partial charge in [0.2, 0.25) is 0 Å². The Balaban J connectivity index is 1.69. The molecule has 0 saturated heterocycles. The number of benzene rings is 1. The molecule has 0 amide bonds. The number of nitrogens with one attached hydrogen (secondary N) is 1. The average Bonchev–Trinajstić information content (AvgIpc) is 2.77. The molecule has 19 heavy (non-hydrogen) atoms. The molecule has 0 bridgehead atoms. The van der Waals surface area contributed by atoms with E-state index in [1.807, 2.05) is 18.2 Å². The molecule has 0 saturated carbocycles. The Morgan fingerprint density at radius 2 is 2.11 bits per heavy atom. The minimum Gasteiger partial charge on any atom is -0.491 e. The minimum atomic E-state index is 0.618. The fraction of sp³-hybridized carbons (Fsp3) is 0.231. The molecule has 0 aliphatic carbocycles. The summed E-state index contributed by atoms with van der Waals surface area (Å²) < 4.78 is 7.67. The highest BCUT2D eigenvalue weighted by atomic mass is 79.9. The van der Waals surface area contributed by atoms with Crippen LogP contribution in [-0.4, -0.2) is 13.2 Å². The van der Waals surface area contributed by atoms with Crippen molar-refractivity contribution in [3.63, 3.8) is 0 Å². The van der Waals surface area contributed by atoms with Gasteiger partial charge in [0.05, 0.1) is 4.47 Å². The van der Waals surface area contributed by atoms with E-state index in [1.54, 1.807) is 11.3 Å². The summed E-state index contributed by atoms with van der Waals surface area (Å²) in [5.74, 6) is 0.810. The number of hydrogen-bond acceptors (Lipinski definition) is 3. The second kappa shape index (κ2) is 7.64. The highest BCUT2D eigenvalue weighted by molar-refractivity contribution is 9.10. The number of rotatable bonds is 6. The molecule has 0 radical (unpaired) electrons. The van der Waals surface area contributed by atoms with Gasteiger partial charge in [0.15, 0.2) is 0 Å². The zero-order chi connectivity index (χ0) is 13.7. The molecule has 0 unspecified atom stereocenters. The van der Waals surface area contributed by atoms with Crippen LogP contribution in [-0.2, 0) is 6.54 Å². The molecule has 1 aromatic heterocycles. The van der Waals surface area contributed by atoms with Gasteiger partial charge in [-0.3, -0.25) is 0 Å². The van der Waals surface area contributed by atoms with E-state index in [2.05, 4.69) is 48.6 Å². The van der Waals surface area contributed by atoms with Gasteiger partial charge in [-0.15, -0.1) is 11.3 Å². The van der Waals surface area contributed by atoms with Gasteiger partial charge in [-0.2, -0.15) is 0 Å². The molecule has 1 N–H and O–H groups in total. The molecule has 1 aromatic carbocycles. The van der Waals surface area contributed by atoms with Gasteiger partial charge in [0.1, 0.15) is 12.4 Å². The Kier molecular flexibility index (Phi) is 6.16. The first-order chi connectivity index (χ1) is 9.15. The molecule has 0 aliphatic rings. The van der Waals surface area contributed by atoms with E-state index in [9.17, 15) is 0 Å². The van der Waals surface area contributed by atoms with Crippen molar-refractivity contribution in [3.8, 4) is 5.75 Å². The van der Waals surface area contributed by atoms with Crippen LogP contribution in [0.3, 0.4) is 0 Å². The molecule has 0 spiro atoms. The maximum Gasteiger partial charge on any atom is 0.133 e. The second-order valence-corrected chi connectivity index (χ2v) is 7.03. The lowest BCUT2D eigenvalue weighted by Crippen LogP contribution is -2.20.